The summed E-state index contributed by atoms with van der Waals surface area (Å²) < 4.78 is 5.58. The molecule has 2 aromatic carbocycles. The van der Waals surface area contributed by atoms with Crippen LogP contribution in [0.3, 0.4) is 0 Å². The van der Waals surface area contributed by atoms with Crippen LogP contribution in [-0.4, -0.2) is 25.1 Å². The van der Waals surface area contributed by atoms with Crippen molar-refractivity contribution >= 4 is 28.9 Å². The van der Waals surface area contributed by atoms with E-state index in [-0.39, 0.29) is 12.5 Å². The van der Waals surface area contributed by atoms with Crippen LogP contribution in [0.15, 0.2) is 42.5 Å². The zero-order valence-electron chi connectivity index (χ0n) is 15.3. The Labute approximate surface area is 160 Å². The summed E-state index contributed by atoms with van der Waals surface area (Å²) in [7, 11) is 0. The van der Waals surface area contributed by atoms with Gasteiger partial charge in [0.15, 0.2) is 6.61 Å². The number of hydrogen-bond donors (Lipinski definition) is 1. The smallest absolute Gasteiger partial charge is 0.262 e. The van der Waals surface area contributed by atoms with Crippen molar-refractivity contribution in [3.63, 3.8) is 0 Å². The molecule has 0 bridgehead atoms. The average molecular weight is 373 g/mol. The summed E-state index contributed by atoms with van der Waals surface area (Å²) in [5.74, 6) is 0.484. The summed E-state index contributed by atoms with van der Waals surface area (Å²) in [6.07, 6.45) is 3.78. The highest BCUT2D eigenvalue weighted by molar-refractivity contribution is 6.30. The van der Waals surface area contributed by atoms with Gasteiger partial charge in [0.1, 0.15) is 5.75 Å². The Hall–Kier alpha value is -2.20. The molecule has 138 valence electrons. The molecule has 2 aromatic rings. The first-order chi connectivity index (χ1) is 12.5. The molecule has 1 aliphatic rings. The number of ether oxygens (including phenoxy) is 1. The second-order valence-electron chi connectivity index (χ2n) is 6.83. The quantitative estimate of drug-likeness (QED) is 0.798. The number of halogens is 1. The van der Waals surface area contributed by atoms with E-state index in [4.69, 9.17) is 16.3 Å². The zero-order chi connectivity index (χ0) is 18.5. The molecular formula is C21H25ClN2O2. The van der Waals surface area contributed by atoms with Crippen molar-refractivity contribution in [1.82, 2.24) is 0 Å². The van der Waals surface area contributed by atoms with Gasteiger partial charge in [0, 0.05) is 29.0 Å². The number of carbonyl (C=O) groups excluding carboxylic acids is 1. The third-order valence-corrected chi connectivity index (χ3v) is 5.02. The number of piperidine rings is 1. The molecule has 0 aromatic heterocycles. The fourth-order valence-electron chi connectivity index (χ4n) is 3.33. The number of rotatable bonds is 5. The monoisotopic (exact) mass is 372 g/mol. The third-order valence-electron chi connectivity index (χ3n) is 4.78. The van der Waals surface area contributed by atoms with Gasteiger partial charge in [-0.1, -0.05) is 11.6 Å². The molecule has 1 atom stereocenters. The first-order valence-electron chi connectivity index (χ1n) is 9.08. The van der Waals surface area contributed by atoms with Gasteiger partial charge in [0.25, 0.3) is 5.91 Å². The number of nitrogens with zero attached hydrogens (tertiary/aromatic N) is 1. The van der Waals surface area contributed by atoms with E-state index in [1.165, 1.54) is 24.9 Å². The van der Waals surface area contributed by atoms with Crippen molar-refractivity contribution in [2.75, 3.05) is 23.4 Å². The molecule has 26 heavy (non-hydrogen) atoms. The highest BCUT2D eigenvalue weighted by atomic mass is 35.5. The van der Waals surface area contributed by atoms with E-state index in [0.29, 0.717) is 16.8 Å². The Morgan fingerprint density at radius 1 is 1.23 bits per heavy atom. The van der Waals surface area contributed by atoms with Gasteiger partial charge in [-0.2, -0.15) is 0 Å². The van der Waals surface area contributed by atoms with Crippen LogP contribution in [-0.2, 0) is 4.79 Å². The van der Waals surface area contributed by atoms with Gasteiger partial charge >= 0.3 is 0 Å². The van der Waals surface area contributed by atoms with Gasteiger partial charge in [-0.05, 0) is 81.1 Å². The van der Waals surface area contributed by atoms with E-state index >= 15 is 0 Å². The van der Waals surface area contributed by atoms with Crippen molar-refractivity contribution in [2.45, 2.75) is 39.2 Å². The molecule has 0 radical (unpaired) electrons. The average Bonchev–Trinajstić information content (AvgIpc) is 2.62. The minimum absolute atomic E-state index is 0.0343. The van der Waals surface area contributed by atoms with Crippen molar-refractivity contribution < 1.29 is 9.53 Å². The van der Waals surface area contributed by atoms with Crippen LogP contribution >= 0.6 is 11.6 Å². The highest BCUT2D eigenvalue weighted by Crippen LogP contribution is 2.26. The third kappa shape index (κ3) is 4.70. The minimum Gasteiger partial charge on any atom is -0.483 e. The van der Waals surface area contributed by atoms with Crippen molar-refractivity contribution in [3.05, 3.63) is 53.1 Å². The molecule has 1 aliphatic heterocycles. The van der Waals surface area contributed by atoms with Gasteiger partial charge in [0.2, 0.25) is 0 Å². The van der Waals surface area contributed by atoms with Crippen LogP contribution in [0.5, 0.6) is 5.75 Å². The minimum atomic E-state index is -0.182. The topological polar surface area (TPSA) is 41.6 Å². The molecule has 3 rings (SSSR count). The maximum absolute atomic E-state index is 12.1. The molecule has 1 amide bonds. The fourth-order valence-corrected chi connectivity index (χ4v) is 3.56. The van der Waals surface area contributed by atoms with Crippen molar-refractivity contribution in [2.24, 2.45) is 0 Å². The molecule has 0 aliphatic carbocycles. The Morgan fingerprint density at radius 3 is 2.69 bits per heavy atom. The SMILES string of the molecule is Cc1cc(Cl)ccc1OCC(=O)Nc1ccc(N2CCCC[C@H]2C)cc1. The summed E-state index contributed by atoms with van der Waals surface area (Å²) in [5.41, 5.74) is 2.90. The number of anilines is 2. The predicted octanol–water partition coefficient (Wildman–Crippen LogP) is 5.04. The molecule has 1 N–H and O–H groups in total. The standard InChI is InChI=1S/C21H25ClN2O2/c1-15-13-17(22)6-11-20(15)26-14-21(25)23-18-7-9-19(10-8-18)24-12-4-3-5-16(24)2/h6-11,13,16H,3-5,12,14H2,1-2H3,(H,23,25)/t16-/m1/s1. The number of nitrogens with one attached hydrogen (secondary N) is 1. The van der Waals surface area contributed by atoms with Crippen LogP contribution in [0.1, 0.15) is 31.7 Å². The lowest BCUT2D eigenvalue weighted by atomic mass is 10.0. The molecule has 1 saturated heterocycles. The maximum atomic E-state index is 12.1. The second-order valence-corrected chi connectivity index (χ2v) is 7.27. The number of carbonyl (C=O) groups is 1. The lowest BCUT2D eigenvalue weighted by molar-refractivity contribution is -0.118. The molecule has 0 unspecified atom stereocenters. The first-order valence-corrected chi connectivity index (χ1v) is 9.46. The van der Waals surface area contributed by atoms with Gasteiger partial charge in [-0.15, -0.1) is 0 Å². The van der Waals surface area contributed by atoms with E-state index in [9.17, 15) is 4.79 Å². The summed E-state index contributed by atoms with van der Waals surface area (Å²) in [6.45, 7) is 5.24. The number of benzene rings is 2. The number of amides is 1. The highest BCUT2D eigenvalue weighted by Gasteiger charge is 2.18. The van der Waals surface area contributed by atoms with Crippen LogP contribution in [0.2, 0.25) is 5.02 Å². The zero-order valence-corrected chi connectivity index (χ0v) is 16.1. The largest absolute Gasteiger partial charge is 0.483 e. The second kappa shape index (κ2) is 8.45. The molecule has 4 nitrogen and oxygen atoms in total. The summed E-state index contributed by atoms with van der Waals surface area (Å²) in [5, 5.41) is 3.53. The summed E-state index contributed by atoms with van der Waals surface area (Å²) >= 11 is 5.93. The van der Waals surface area contributed by atoms with E-state index in [2.05, 4.69) is 29.3 Å². The maximum Gasteiger partial charge on any atom is 0.262 e. The van der Waals surface area contributed by atoms with Crippen LogP contribution in [0.25, 0.3) is 0 Å². The Bertz CT molecular complexity index is 761. The lowest BCUT2D eigenvalue weighted by Crippen LogP contribution is -2.37. The van der Waals surface area contributed by atoms with Crippen LogP contribution < -0.4 is 15.0 Å². The van der Waals surface area contributed by atoms with Gasteiger partial charge in [-0.3, -0.25) is 4.79 Å². The van der Waals surface area contributed by atoms with Crippen molar-refractivity contribution in [1.29, 1.82) is 0 Å². The van der Waals surface area contributed by atoms with Gasteiger partial charge in [0.05, 0.1) is 0 Å². The molecule has 0 spiro atoms. The normalized spacial score (nSPS) is 17.0. The Balaban J connectivity index is 1.54. The van der Waals surface area contributed by atoms with Gasteiger partial charge < -0.3 is 15.0 Å². The van der Waals surface area contributed by atoms with E-state index in [0.717, 1.165) is 17.8 Å². The fraction of sp³-hybridized carbons (Fsp3) is 0.381. The predicted molar refractivity (Wildman–Crippen MR) is 107 cm³/mol. The van der Waals surface area contributed by atoms with E-state index in [1.807, 2.05) is 25.1 Å². The number of hydrogen-bond acceptors (Lipinski definition) is 3. The van der Waals surface area contributed by atoms with Crippen LogP contribution in [0, 0.1) is 6.92 Å². The van der Waals surface area contributed by atoms with Gasteiger partial charge in [-0.25, -0.2) is 0 Å². The number of aryl methyl sites for hydroxylation is 1. The van der Waals surface area contributed by atoms with E-state index < -0.39 is 0 Å². The molecular weight excluding hydrogens is 348 g/mol. The summed E-state index contributed by atoms with van der Waals surface area (Å²) in [6, 6.07) is 13.9. The molecule has 1 fully saturated rings. The Kier molecular flexibility index (Phi) is 6.04. The van der Waals surface area contributed by atoms with E-state index in [1.54, 1.807) is 12.1 Å². The first kappa shape index (κ1) is 18.6. The lowest BCUT2D eigenvalue weighted by Gasteiger charge is -2.35. The van der Waals surface area contributed by atoms with Crippen LogP contribution in [0.4, 0.5) is 11.4 Å². The molecule has 1 heterocycles. The molecule has 5 heteroatoms. The summed E-state index contributed by atoms with van der Waals surface area (Å²) in [4.78, 5) is 14.6. The van der Waals surface area contributed by atoms with Crippen molar-refractivity contribution in [3.8, 4) is 5.75 Å². The molecule has 0 saturated carbocycles. The Morgan fingerprint density at radius 2 is 2.00 bits per heavy atom.